The van der Waals surface area contributed by atoms with E-state index in [4.69, 9.17) is 10.5 Å². The van der Waals surface area contributed by atoms with Crippen LogP contribution in [0.5, 0.6) is 5.75 Å². The molecule has 1 heterocycles. The zero-order chi connectivity index (χ0) is 16.8. The molecule has 5 heteroatoms. The smallest absolute Gasteiger partial charge is 0.189 e. The molecule has 0 aliphatic carbocycles. The lowest BCUT2D eigenvalue weighted by atomic mass is 10.0. The molecule has 1 aliphatic heterocycles. The van der Waals surface area contributed by atoms with Gasteiger partial charge in [0, 0.05) is 18.0 Å². The molecule has 0 bridgehead atoms. The van der Waals surface area contributed by atoms with E-state index < -0.39 is 0 Å². The van der Waals surface area contributed by atoms with E-state index >= 15 is 0 Å². The molecular formula is C18H30N4O. The average Bonchev–Trinajstić information content (AvgIpc) is 2.51. The number of benzene rings is 1. The maximum atomic E-state index is 6.12. The monoisotopic (exact) mass is 318 g/mol. The first-order valence-electron chi connectivity index (χ1n) is 8.42. The van der Waals surface area contributed by atoms with Crippen molar-refractivity contribution in [2.45, 2.75) is 38.8 Å². The molecule has 3 N–H and O–H groups in total. The Hall–Kier alpha value is -1.75. The number of nitrogens with two attached hydrogens (primary N) is 1. The summed E-state index contributed by atoms with van der Waals surface area (Å²) >= 11 is 0. The SMILES string of the molecule is CC(C)CC(CN=C(N)NC1CCOc2ccccc21)N(C)C. The second-order valence-electron chi connectivity index (χ2n) is 6.84. The van der Waals surface area contributed by atoms with Crippen LogP contribution in [0.1, 0.15) is 38.3 Å². The van der Waals surface area contributed by atoms with Crippen LogP contribution in [0.2, 0.25) is 0 Å². The summed E-state index contributed by atoms with van der Waals surface area (Å²) in [5.41, 5.74) is 7.28. The number of hydrogen-bond donors (Lipinski definition) is 2. The largest absolute Gasteiger partial charge is 0.493 e. The van der Waals surface area contributed by atoms with Gasteiger partial charge in [0.2, 0.25) is 0 Å². The third-order valence-electron chi connectivity index (χ3n) is 4.23. The Morgan fingerprint density at radius 1 is 1.39 bits per heavy atom. The Labute approximate surface area is 139 Å². The molecule has 23 heavy (non-hydrogen) atoms. The highest BCUT2D eigenvalue weighted by atomic mass is 16.5. The van der Waals surface area contributed by atoms with Gasteiger partial charge in [-0.2, -0.15) is 0 Å². The molecule has 0 saturated carbocycles. The lowest BCUT2D eigenvalue weighted by Gasteiger charge is -2.27. The highest BCUT2D eigenvalue weighted by Crippen LogP contribution is 2.31. The number of fused-ring (bicyclic) bond motifs is 1. The Bertz CT molecular complexity index is 528. The van der Waals surface area contributed by atoms with Crippen LogP contribution in [0.15, 0.2) is 29.3 Å². The molecule has 0 fully saturated rings. The zero-order valence-electron chi connectivity index (χ0n) is 14.7. The van der Waals surface area contributed by atoms with E-state index in [0.717, 1.165) is 30.7 Å². The maximum Gasteiger partial charge on any atom is 0.189 e. The predicted molar refractivity (Wildman–Crippen MR) is 95.9 cm³/mol. The second kappa shape index (κ2) is 8.20. The van der Waals surface area contributed by atoms with Crippen molar-refractivity contribution < 1.29 is 4.74 Å². The summed E-state index contributed by atoms with van der Waals surface area (Å²) in [5, 5.41) is 3.35. The summed E-state index contributed by atoms with van der Waals surface area (Å²) in [4.78, 5) is 6.79. The van der Waals surface area contributed by atoms with Gasteiger partial charge in [0.25, 0.3) is 0 Å². The van der Waals surface area contributed by atoms with E-state index in [1.807, 2.05) is 18.2 Å². The van der Waals surface area contributed by atoms with E-state index in [1.165, 1.54) is 0 Å². The molecule has 2 rings (SSSR count). The second-order valence-corrected chi connectivity index (χ2v) is 6.84. The topological polar surface area (TPSA) is 62.9 Å². The summed E-state index contributed by atoms with van der Waals surface area (Å²) in [6.07, 6.45) is 2.01. The maximum absolute atomic E-state index is 6.12. The van der Waals surface area contributed by atoms with Gasteiger partial charge in [0.1, 0.15) is 5.75 Å². The van der Waals surface area contributed by atoms with Gasteiger partial charge in [-0.05, 0) is 32.5 Å². The summed E-state index contributed by atoms with van der Waals surface area (Å²) in [6.45, 7) is 5.89. The first-order chi connectivity index (χ1) is 11.0. The van der Waals surface area contributed by atoms with Gasteiger partial charge in [-0.25, -0.2) is 0 Å². The Morgan fingerprint density at radius 3 is 2.83 bits per heavy atom. The van der Waals surface area contributed by atoms with Gasteiger partial charge >= 0.3 is 0 Å². The molecule has 0 spiro atoms. The molecule has 0 aromatic heterocycles. The van der Waals surface area contributed by atoms with Crippen molar-refractivity contribution in [3.05, 3.63) is 29.8 Å². The van der Waals surface area contributed by atoms with E-state index in [0.29, 0.717) is 24.5 Å². The fourth-order valence-corrected chi connectivity index (χ4v) is 2.91. The number of rotatable bonds is 6. The predicted octanol–water partition coefficient (Wildman–Crippen LogP) is 2.39. The van der Waals surface area contributed by atoms with Crippen LogP contribution in [-0.2, 0) is 0 Å². The third-order valence-corrected chi connectivity index (χ3v) is 4.23. The van der Waals surface area contributed by atoms with Crippen molar-refractivity contribution in [3.8, 4) is 5.75 Å². The number of guanidine groups is 1. The minimum Gasteiger partial charge on any atom is -0.493 e. The molecule has 2 atom stereocenters. The minimum absolute atomic E-state index is 0.173. The van der Waals surface area contributed by atoms with Crippen molar-refractivity contribution in [3.63, 3.8) is 0 Å². The average molecular weight is 318 g/mol. The summed E-state index contributed by atoms with van der Waals surface area (Å²) in [5.74, 6) is 2.10. The van der Waals surface area contributed by atoms with Crippen LogP contribution in [0.4, 0.5) is 0 Å². The molecule has 0 saturated heterocycles. The summed E-state index contributed by atoms with van der Waals surface area (Å²) in [7, 11) is 4.20. The van der Waals surface area contributed by atoms with Crippen molar-refractivity contribution in [1.82, 2.24) is 10.2 Å². The number of aliphatic imine (C=N–C) groups is 1. The van der Waals surface area contributed by atoms with Gasteiger partial charge < -0.3 is 20.7 Å². The first-order valence-corrected chi connectivity index (χ1v) is 8.42. The van der Waals surface area contributed by atoms with Crippen LogP contribution >= 0.6 is 0 Å². The lowest BCUT2D eigenvalue weighted by molar-refractivity contribution is 0.258. The van der Waals surface area contributed by atoms with Crippen LogP contribution in [0.3, 0.4) is 0 Å². The van der Waals surface area contributed by atoms with E-state index in [-0.39, 0.29) is 6.04 Å². The number of hydrogen-bond acceptors (Lipinski definition) is 3. The van der Waals surface area contributed by atoms with E-state index in [2.05, 4.69) is 49.2 Å². The molecule has 128 valence electrons. The van der Waals surface area contributed by atoms with Crippen molar-refractivity contribution in [1.29, 1.82) is 0 Å². The molecule has 1 aliphatic rings. The quantitative estimate of drug-likeness (QED) is 0.624. The van der Waals surface area contributed by atoms with Crippen LogP contribution < -0.4 is 15.8 Å². The molecule has 5 nitrogen and oxygen atoms in total. The fraction of sp³-hybridized carbons (Fsp3) is 0.611. The lowest BCUT2D eigenvalue weighted by Crippen LogP contribution is -2.39. The first kappa shape index (κ1) is 17.6. The molecule has 2 unspecified atom stereocenters. The normalized spacial score (nSPS) is 19.4. The van der Waals surface area contributed by atoms with E-state index in [9.17, 15) is 0 Å². The number of likely N-dealkylation sites (N-methyl/N-ethyl adjacent to an activating group) is 1. The Kier molecular flexibility index (Phi) is 6.28. The zero-order valence-corrected chi connectivity index (χ0v) is 14.7. The van der Waals surface area contributed by atoms with Crippen LogP contribution in [-0.4, -0.2) is 44.1 Å². The van der Waals surface area contributed by atoms with E-state index in [1.54, 1.807) is 0 Å². The Balaban J connectivity index is 1.97. The van der Waals surface area contributed by atoms with Crippen molar-refractivity contribution >= 4 is 5.96 Å². The van der Waals surface area contributed by atoms with Gasteiger partial charge in [0.05, 0.1) is 19.2 Å². The molecular weight excluding hydrogens is 288 g/mol. The number of nitrogens with zero attached hydrogens (tertiary/aromatic N) is 2. The molecule has 1 aromatic carbocycles. The molecule has 1 aromatic rings. The summed E-state index contributed by atoms with van der Waals surface area (Å²) in [6, 6.07) is 8.69. The number of para-hydroxylation sites is 1. The van der Waals surface area contributed by atoms with Gasteiger partial charge in [-0.1, -0.05) is 32.0 Å². The van der Waals surface area contributed by atoms with Gasteiger partial charge in [-0.3, -0.25) is 4.99 Å². The van der Waals surface area contributed by atoms with Crippen molar-refractivity contribution in [2.24, 2.45) is 16.6 Å². The number of ether oxygens (including phenoxy) is 1. The van der Waals surface area contributed by atoms with Gasteiger partial charge in [-0.15, -0.1) is 0 Å². The standard InChI is InChI=1S/C18H30N4O/c1-13(2)11-14(22(3)4)12-20-18(19)21-16-9-10-23-17-8-6-5-7-15(16)17/h5-8,13-14,16H,9-12H2,1-4H3,(H3,19,20,21). The van der Waals surface area contributed by atoms with Crippen LogP contribution in [0, 0.1) is 5.92 Å². The molecule has 0 radical (unpaired) electrons. The highest BCUT2D eigenvalue weighted by molar-refractivity contribution is 5.78. The van der Waals surface area contributed by atoms with Crippen LogP contribution in [0.25, 0.3) is 0 Å². The third kappa shape index (κ3) is 5.13. The molecule has 0 amide bonds. The minimum atomic E-state index is 0.173. The summed E-state index contributed by atoms with van der Waals surface area (Å²) < 4.78 is 5.68. The van der Waals surface area contributed by atoms with Crippen molar-refractivity contribution in [2.75, 3.05) is 27.2 Å². The highest BCUT2D eigenvalue weighted by Gasteiger charge is 2.21. The fourth-order valence-electron chi connectivity index (χ4n) is 2.91. The number of nitrogens with one attached hydrogen (secondary N) is 1. The van der Waals surface area contributed by atoms with Gasteiger partial charge in [0.15, 0.2) is 5.96 Å². The Morgan fingerprint density at radius 2 is 2.13 bits per heavy atom.